The van der Waals surface area contributed by atoms with E-state index in [1.165, 1.54) is 0 Å². The summed E-state index contributed by atoms with van der Waals surface area (Å²) in [6.07, 6.45) is 7.35. The van der Waals surface area contributed by atoms with E-state index in [2.05, 4.69) is 17.4 Å². The summed E-state index contributed by atoms with van der Waals surface area (Å²) in [5, 5.41) is 11.4. The van der Waals surface area contributed by atoms with Gasteiger partial charge < -0.3 is 10.4 Å². The van der Waals surface area contributed by atoms with Crippen LogP contribution in [0, 0.1) is 5.41 Å². The van der Waals surface area contributed by atoms with Crippen LogP contribution in [-0.4, -0.2) is 37.0 Å². The number of allylic oxidation sites excluding steroid dienone is 5. The summed E-state index contributed by atoms with van der Waals surface area (Å²) in [5.41, 5.74) is 9.01. The summed E-state index contributed by atoms with van der Waals surface area (Å²) in [5.74, 6) is 0.397. The largest absolute Gasteiger partial charge is 0.316 e. The van der Waals surface area contributed by atoms with Crippen molar-refractivity contribution in [1.29, 1.82) is 5.41 Å². The van der Waals surface area contributed by atoms with Gasteiger partial charge >= 0.3 is 0 Å². The Kier molecular flexibility index (Phi) is 4.74. The number of hydrogen-bond donors (Lipinski definition) is 3. The predicted molar refractivity (Wildman–Crippen MR) is 75.6 cm³/mol. The van der Waals surface area contributed by atoms with Crippen LogP contribution in [0.25, 0.3) is 0 Å². The quantitative estimate of drug-likeness (QED) is 0.519. The highest BCUT2D eigenvalue weighted by Gasteiger charge is 2.11. The second kappa shape index (κ2) is 6.07. The zero-order valence-corrected chi connectivity index (χ0v) is 11.4. The Morgan fingerprint density at radius 2 is 2.28 bits per heavy atom. The first-order chi connectivity index (χ1) is 8.51. The third-order valence-corrected chi connectivity index (χ3v) is 2.93. The Morgan fingerprint density at radius 3 is 2.83 bits per heavy atom. The second-order valence-corrected chi connectivity index (χ2v) is 3.99. The molecule has 1 aliphatic rings. The fraction of sp³-hybridized carbons (Fsp3) is 0.308. The van der Waals surface area contributed by atoms with E-state index >= 15 is 0 Å². The van der Waals surface area contributed by atoms with E-state index in [-0.39, 0.29) is 0 Å². The first-order valence-electron chi connectivity index (χ1n) is 5.72. The Hall–Kier alpha value is -2.01. The molecule has 0 aromatic carbocycles. The molecule has 3 N–H and O–H groups in total. The topological polar surface area (TPSA) is 54.4 Å². The van der Waals surface area contributed by atoms with Crippen LogP contribution in [0.1, 0.15) is 6.92 Å². The number of hydrazine groups is 2. The van der Waals surface area contributed by atoms with E-state index in [1.807, 2.05) is 38.3 Å². The molecule has 0 aromatic heterocycles. The molecule has 0 amide bonds. The van der Waals surface area contributed by atoms with Gasteiger partial charge in [0.05, 0.1) is 0 Å². The van der Waals surface area contributed by atoms with Crippen molar-refractivity contribution in [2.24, 2.45) is 0 Å². The monoisotopic (exact) mass is 247 g/mol. The molecule has 0 aliphatic carbocycles. The van der Waals surface area contributed by atoms with E-state index in [1.54, 1.807) is 24.2 Å². The van der Waals surface area contributed by atoms with Gasteiger partial charge in [-0.15, -0.1) is 0 Å². The number of rotatable bonds is 4. The minimum absolute atomic E-state index is 0.397. The van der Waals surface area contributed by atoms with Gasteiger partial charge in [-0.2, -0.15) is 0 Å². The molecule has 0 bridgehead atoms. The van der Waals surface area contributed by atoms with E-state index in [4.69, 9.17) is 5.41 Å². The van der Waals surface area contributed by atoms with Crippen molar-refractivity contribution < 1.29 is 0 Å². The number of nitrogens with zero attached hydrogens (tertiary/aromatic N) is 2. The molecule has 18 heavy (non-hydrogen) atoms. The second-order valence-electron chi connectivity index (χ2n) is 3.99. The highest BCUT2D eigenvalue weighted by molar-refractivity contribution is 5.92. The van der Waals surface area contributed by atoms with Crippen molar-refractivity contribution in [2.45, 2.75) is 6.92 Å². The summed E-state index contributed by atoms with van der Waals surface area (Å²) in [6.45, 7) is 5.86. The third kappa shape index (κ3) is 3.01. The Balaban J connectivity index is 3.20. The van der Waals surface area contributed by atoms with Crippen LogP contribution in [0.3, 0.4) is 0 Å². The van der Waals surface area contributed by atoms with Crippen LogP contribution in [0.15, 0.2) is 47.9 Å². The molecule has 0 spiro atoms. The molecule has 1 rings (SSSR count). The summed E-state index contributed by atoms with van der Waals surface area (Å²) >= 11 is 0. The van der Waals surface area contributed by atoms with Crippen LogP contribution in [0.5, 0.6) is 0 Å². The third-order valence-electron chi connectivity index (χ3n) is 2.93. The molecular weight excluding hydrogens is 226 g/mol. The van der Waals surface area contributed by atoms with E-state index in [0.29, 0.717) is 5.84 Å². The zero-order chi connectivity index (χ0) is 13.7. The van der Waals surface area contributed by atoms with Gasteiger partial charge in [-0.1, -0.05) is 12.7 Å². The lowest BCUT2D eigenvalue weighted by Gasteiger charge is -2.21. The number of amidine groups is 1. The van der Waals surface area contributed by atoms with Gasteiger partial charge in [-0.25, -0.2) is 5.43 Å². The molecule has 5 nitrogen and oxygen atoms in total. The molecule has 0 unspecified atom stereocenters. The van der Waals surface area contributed by atoms with Gasteiger partial charge in [-0.3, -0.25) is 10.4 Å². The van der Waals surface area contributed by atoms with Gasteiger partial charge in [0, 0.05) is 38.6 Å². The lowest BCUT2D eigenvalue weighted by molar-refractivity contribution is 0.331. The Bertz CT molecular complexity index is 431. The van der Waals surface area contributed by atoms with Crippen molar-refractivity contribution in [3.63, 3.8) is 0 Å². The molecule has 0 saturated carbocycles. The highest BCUT2D eigenvalue weighted by Crippen LogP contribution is 2.19. The summed E-state index contributed by atoms with van der Waals surface area (Å²) in [4.78, 5) is 0. The van der Waals surface area contributed by atoms with E-state index in [0.717, 1.165) is 16.8 Å². The van der Waals surface area contributed by atoms with Crippen molar-refractivity contribution >= 4 is 5.84 Å². The van der Waals surface area contributed by atoms with Gasteiger partial charge in [-0.05, 0) is 24.6 Å². The molecule has 1 heterocycles. The van der Waals surface area contributed by atoms with Crippen molar-refractivity contribution in [3.05, 3.63) is 47.9 Å². The standard InChI is InChI=1S/C13H21N5/c1-6-12(10(2)17(4)15-3)11-7-8-16-18(5)13(14)9-11/h6-9,14-16H,1H2,2-5H3/b12-10+,14-13?. The van der Waals surface area contributed by atoms with Gasteiger partial charge in [0.25, 0.3) is 0 Å². The zero-order valence-electron chi connectivity index (χ0n) is 11.4. The minimum Gasteiger partial charge on any atom is -0.316 e. The number of nitrogens with one attached hydrogen (secondary N) is 3. The number of hydrogen-bond acceptors (Lipinski definition) is 4. The SMILES string of the molecule is C=C/C(C1=CC(=N)N(C)NC=C1)=C(/C)N(C)NC. The predicted octanol–water partition coefficient (Wildman–Crippen LogP) is 1.38. The van der Waals surface area contributed by atoms with Crippen molar-refractivity contribution in [3.8, 4) is 0 Å². The molecule has 0 atom stereocenters. The van der Waals surface area contributed by atoms with Crippen LogP contribution in [0.4, 0.5) is 0 Å². The smallest absolute Gasteiger partial charge is 0.139 e. The van der Waals surface area contributed by atoms with E-state index in [9.17, 15) is 0 Å². The number of likely N-dealkylation sites (N-methyl/N-ethyl adjacent to an activating group) is 1. The van der Waals surface area contributed by atoms with Gasteiger partial charge in [0.2, 0.25) is 0 Å². The van der Waals surface area contributed by atoms with Crippen molar-refractivity contribution in [2.75, 3.05) is 21.1 Å². The normalized spacial score (nSPS) is 16.6. The fourth-order valence-corrected chi connectivity index (χ4v) is 1.59. The van der Waals surface area contributed by atoms with E-state index < -0.39 is 0 Å². The lowest BCUT2D eigenvalue weighted by atomic mass is 10.0. The molecular formula is C13H21N5. The lowest BCUT2D eigenvalue weighted by Crippen LogP contribution is -2.33. The van der Waals surface area contributed by atoms with Gasteiger partial charge in [0.1, 0.15) is 5.84 Å². The minimum atomic E-state index is 0.397. The summed E-state index contributed by atoms with van der Waals surface area (Å²) in [6, 6.07) is 0. The first kappa shape index (κ1) is 14.1. The highest BCUT2D eigenvalue weighted by atomic mass is 15.5. The maximum atomic E-state index is 7.89. The summed E-state index contributed by atoms with van der Waals surface area (Å²) < 4.78 is 0. The Labute approximate surface area is 109 Å². The first-order valence-corrected chi connectivity index (χ1v) is 5.72. The maximum absolute atomic E-state index is 7.89. The fourth-order valence-electron chi connectivity index (χ4n) is 1.59. The molecule has 0 saturated heterocycles. The maximum Gasteiger partial charge on any atom is 0.139 e. The average Bonchev–Trinajstić information content (AvgIpc) is 2.52. The van der Waals surface area contributed by atoms with Gasteiger partial charge in [0.15, 0.2) is 0 Å². The molecule has 0 radical (unpaired) electrons. The van der Waals surface area contributed by atoms with Crippen molar-refractivity contribution in [1.82, 2.24) is 20.9 Å². The summed E-state index contributed by atoms with van der Waals surface area (Å²) in [7, 11) is 5.60. The van der Waals surface area contributed by atoms with Crippen LogP contribution < -0.4 is 10.9 Å². The average molecular weight is 247 g/mol. The molecule has 0 aromatic rings. The molecule has 1 aliphatic heterocycles. The van der Waals surface area contributed by atoms with Crippen LogP contribution >= 0.6 is 0 Å². The molecule has 98 valence electrons. The molecule has 0 fully saturated rings. The van der Waals surface area contributed by atoms with Crippen LogP contribution in [0.2, 0.25) is 0 Å². The Morgan fingerprint density at radius 1 is 1.61 bits per heavy atom. The van der Waals surface area contributed by atoms with Crippen LogP contribution in [-0.2, 0) is 0 Å². The molecule has 5 heteroatoms.